The van der Waals surface area contributed by atoms with Gasteiger partial charge >= 0.3 is 12.1 Å². The number of aliphatic carboxylic acids is 1. The number of rotatable bonds is 6. The SMILES string of the molecule is Cc1cc(OCc2c(F)cccc2F)c2nc(C)c(-c3cncc(C(=O)NC4CC4)c3)n2c1.O=C(O)C(F)(F)F. The first-order chi connectivity index (χ1) is 18.8. The quantitative estimate of drug-likeness (QED) is 0.305. The highest BCUT2D eigenvalue weighted by Gasteiger charge is 2.38. The minimum Gasteiger partial charge on any atom is -0.485 e. The maximum absolute atomic E-state index is 14.0. The number of carboxylic acid groups (broad SMARTS) is 1. The van der Waals surface area contributed by atoms with Crippen LogP contribution >= 0.6 is 0 Å². The van der Waals surface area contributed by atoms with Crippen LogP contribution in [0.1, 0.15) is 40.0 Å². The number of nitrogens with one attached hydrogen (secondary N) is 1. The van der Waals surface area contributed by atoms with Crippen molar-refractivity contribution in [3.05, 3.63) is 82.9 Å². The highest BCUT2D eigenvalue weighted by atomic mass is 19.4. The van der Waals surface area contributed by atoms with Gasteiger partial charge < -0.3 is 15.2 Å². The van der Waals surface area contributed by atoms with Gasteiger partial charge in [-0.2, -0.15) is 13.2 Å². The molecule has 0 bridgehead atoms. The molecule has 40 heavy (non-hydrogen) atoms. The lowest BCUT2D eigenvalue weighted by atomic mass is 10.1. The molecule has 1 aromatic carbocycles. The van der Waals surface area contributed by atoms with Gasteiger partial charge in [-0.3, -0.25) is 14.2 Å². The summed E-state index contributed by atoms with van der Waals surface area (Å²) in [4.78, 5) is 30.3. The number of carboxylic acids is 1. The zero-order chi connectivity index (χ0) is 29.2. The summed E-state index contributed by atoms with van der Waals surface area (Å²) >= 11 is 0. The van der Waals surface area contributed by atoms with Crippen LogP contribution in [0.4, 0.5) is 22.0 Å². The third kappa shape index (κ3) is 6.53. The maximum atomic E-state index is 14.0. The summed E-state index contributed by atoms with van der Waals surface area (Å²) < 4.78 is 67.5. The molecule has 1 aliphatic carbocycles. The summed E-state index contributed by atoms with van der Waals surface area (Å²) in [5.74, 6) is -3.82. The number of fused-ring (bicyclic) bond motifs is 1. The van der Waals surface area contributed by atoms with E-state index in [1.807, 2.05) is 24.4 Å². The Hall–Kier alpha value is -4.55. The van der Waals surface area contributed by atoms with Crippen LogP contribution in [0.2, 0.25) is 0 Å². The topological polar surface area (TPSA) is 106 Å². The Labute approximate surface area is 224 Å². The van der Waals surface area contributed by atoms with Crippen molar-refractivity contribution in [2.75, 3.05) is 0 Å². The second-order valence-electron chi connectivity index (χ2n) is 9.12. The molecule has 0 unspecified atom stereocenters. The third-order valence-electron chi connectivity index (χ3n) is 5.86. The van der Waals surface area contributed by atoms with Crippen LogP contribution in [-0.4, -0.2) is 43.6 Å². The zero-order valence-corrected chi connectivity index (χ0v) is 21.2. The van der Waals surface area contributed by atoms with Crippen LogP contribution in [0.15, 0.2) is 48.9 Å². The number of hydrogen-bond acceptors (Lipinski definition) is 5. The molecule has 0 saturated heterocycles. The van der Waals surface area contributed by atoms with Crippen LogP contribution < -0.4 is 10.1 Å². The molecule has 0 spiro atoms. The van der Waals surface area contributed by atoms with Crippen LogP contribution in [0, 0.1) is 25.5 Å². The molecule has 3 aromatic heterocycles. The molecule has 2 N–H and O–H groups in total. The Morgan fingerprint density at radius 1 is 1.12 bits per heavy atom. The summed E-state index contributed by atoms with van der Waals surface area (Å²) in [6.07, 6.45) is 2.05. The number of nitrogens with zero attached hydrogens (tertiary/aromatic N) is 3. The van der Waals surface area contributed by atoms with Crippen molar-refractivity contribution in [2.24, 2.45) is 0 Å². The second kappa shape index (κ2) is 11.3. The van der Waals surface area contributed by atoms with Crippen molar-refractivity contribution in [1.29, 1.82) is 0 Å². The van der Waals surface area contributed by atoms with Crippen molar-refractivity contribution in [3.8, 4) is 17.0 Å². The molecule has 1 amide bonds. The van der Waals surface area contributed by atoms with Crippen LogP contribution in [-0.2, 0) is 11.4 Å². The lowest BCUT2D eigenvalue weighted by Gasteiger charge is -2.11. The average molecular weight is 562 g/mol. The molecule has 13 heteroatoms. The van der Waals surface area contributed by atoms with E-state index in [0.29, 0.717) is 22.7 Å². The standard InChI is InChI=1S/C25H22F2N4O2.C2HF3O2/c1-14-8-22(33-13-19-20(26)4-3-5-21(19)27)24-29-15(2)23(31(24)12-14)16-9-17(11-28-10-16)25(32)30-18-6-7-18;3-2(4,5)1(6)7/h3-5,8-12,18H,6-7,13H2,1-2H3,(H,30,32);(H,6,7). The van der Waals surface area contributed by atoms with Crippen molar-refractivity contribution >= 4 is 17.5 Å². The van der Waals surface area contributed by atoms with E-state index >= 15 is 0 Å². The number of aryl methyl sites for hydroxylation is 2. The molecular weight excluding hydrogens is 539 g/mol. The van der Waals surface area contributed by atoms with Crippen molar-refractivity contribution < 1.29 is 41.4 Å². The van der Waals surface area contributed by atoms with Gasteiger partial charge in [-0.05, 0) is 56.5 Å². The zero-order valence-electron chi connectivity index (χ0n) is 21.2. The van der Waals surface area contributed by atoms with E-state index in [-0.39, 0.29) is 24.1 Å². The number of benzene rings is 1. The predicted octanol–water partition coefficient (Wildman–Crippen LogP) is 5.40. The first-order valence-electron chi connectivity index (χ1n) is 12.0. The van der Waals surface area contributed by atoms with Gasteiger partial charge in [-0.25, -0.2) is 18.6 Å². The Kier molecular flexibility index (Phi) is 8.03. The number of halogens is 5. The number of amides is 1. The third-order valence-corrected chi connectivity index (χ3v) is 5.86. The predicted molar refractivity (Wildman–Crippen MR) is 133 cm³/mol. The minimum absolute atomic E-state index is 0.140. The summed E-state index contributed by atoms with van der Waals surface area (Å²) in [6.45, 7) is 3.49. The van der Waals surface area contributed by atoms with Gasteiger partial charge in [-0.15, -0.1) is 0 Å². The molecule has 5 rings (SSSR count). The first-order valence-corrected chi connectivity index (χ1v) is 12.0. The number of imidazole rings is 1. The molecule has 0 atom stereocenters. The number of aromatic nitrogens is 3. The van der Waals surface area contributed by atoms with E-state index < -0.39 is 23.8 Å². The van der Waals surface area contributed by atoms with E-state index in [2.05, 4.69) is 15.3 Å². The van der Waals surface area contributed by atoms with Crippen molar-refractivity contribution in [1.82, 2.24) is 19.7 Å². The van der Waals surface area contributed by atoms with E-state index in [9.17, 15) is 26.7 Å². The Morgan fingerprint density at radius 2 is 1.77 bits per heavy atom. The Bertz CT molecular complexity index is 1560. The fourth-order valence-corrected chi connectivity index (χ4v) is 3.82. The molecule has 210 valence electrons. The summed E-state index contributed by atoms with van der Waals surface area (Å²) in [6, 6.07) is 7.53. The number of carbonyl (C=O) groups is 2. The second-order valence-corrected chi connectivity index (χ2v) is 9.12. The lowest BCUT2D eigenvalue weighted by molar-refractivity contribution is -0.192. The molecule has 8 nitrogen and oxygen atoms in total. The van der Waals surface area contributed by atoms with Crippen molar-refractivity contribution in [3.63, 3.8) is 0 Å². The van der Waals surface area contributed by atoms with Gasteiger partial charge in [-0.1, -0.05) is 6.07 Å². The number of hydrogen-bond donors (Lipinski definition) is 2. The van der Waals surface area contributed by atoms with Gasteiger partial charge in [0.05, 0.1) is 22.5 Å². The average Bonchev–Trinajstić information content (AvgIpc) is 3.63. The summed E-state index contributed by atoms with van der Waals surface area (Å²) in [5, 5.41) is 10.1. The summed E-state index contributed by atoms with van der Waals surface area (Å²) in [5.41, 5.74) is 3.94. The molecular formula is C27H23F5N4O4. The van der Waals surface area contributed by atoms with Gasteiger partial charge in [0, 0.05) is 30.2 Å². The summed E-state index contributed by atoms with van der Waals surface area (Å²) in [7, 11) is 0. The van der Waals surface area contributed by atoms with E-state index in [1.54, 1.807) is 24.5 Å². The van der Waals surface area contributed by atoms with Gasteiger partial charge in [0.25, 0.3) is 5.91 Å². The fourth-order valence-electron chi connectivity index (χ4n) is 3.82. The lowest BCUT2D eigenvalue weighted by Crippen LogP contribution is -2.25. The molecule has 1 fully saturated rings. The number of carbonyl (C=O) groups excluding carboxylic acids is 1. The van der Waals surface area contributed by atoms with Gasteiger partial charge in [0.15, 0.2) is 11.4 Å². The maximum Gasteiger partial charge on any atom is 0.490 e. The van der Waals surface area contributed by atoms with Gasteiger partial charge in [0.1, 0.15) is 18.2 Å². The number of pyridine rings is 2. The highest BCUT2D eigenvalue weighted by Crippen LogP contribution is 2.31. The molecule has 1 aliphatic rings. The van der Waals surface area contributed by atoms with Crippen LogP contribution in [0.25, 0.3) is 16.9 Å². The molecule has 3 heterocycles. The molecule has 0 aliphatic heterocycles. The van der Waals surface area contributed by atoms with Crippen molar-refractivity contribution in [2.45, 2.75) is 45.5 Å². The largest absolute Gasteiger partial charge is 0.490 e. The smallest absolute Gasteiger partial charge is 0.485 e. The first kappa shape index (κ1) is 28.5. The number of ether oxygens (including phenoxy) is 1. The van der Waals surface area contributed by atoms with E-state index in [1.165, 1.54) is 18.2 Å². The normalized spacial score (nSPS) is 13.0. The monoisotopic (exact) mass is 562 g/mol. The fraction of sp³-hybridized carbons (Fsp3) is 0.259. The number of alkyl halides is 3. The van der Waals surface area contributed by atoms with E-state index in [4.69, 9.17) is 14.6 Å². The molecule has 0 radical (unpaired) electrons. The minimum atomic E-state index is -5.08. The van der Waals surface area contributed by atoms with Crippen LogP contribution in [0.3, 0.4) is 0 Å². The molecule has 1 saturated carbocycles. The van der Waals surface area contributed by atoms with Crippen LogP contribution in [0.5, 0.6) is 5.75 Å². The highest BCUT2D eigenvalue weighted by molar-refractivity contribution is 5.95. The van der Waals surface area contributed by atoms with E-state index in [0.717, 1.165) is 29.7 Å². The Morgan fingerprint density at radius 3 is 2.38 bits per heavy atom. The molecule has 4 aromatic rings. The van der Waals surface area contributed by atoms with Gasteiger partial charge in [0.2, 0.25) is 0 Å². The Balaban J connectivity index is 0.000000470.